The molecule has 0 heterocycles. The standard InChI is InChI=1S/C26H29NO6S/c1-18(13-15-32-24(29)17-34)25(21-10-4-5-12-23(21)31-16-14-28)33-26(30)27-22-11-6-8-19-7-2-3-9-20(19)22/h2-12,18,25,28,34H,13-17H2,1H3,(H,27,30)/t18-,25-/m0/s1. The molecule has 0 bridgehead atoms. The van der Waals surface area contributed by atoms with Gasteiger partial charge in [-0.25, -0.2) is 4.79 Å². The molecular weight excluding hydrogens is 454 g/mol. The molecule has 0 radical (unpaired) electrons. The largest absolute Gasteiger partial charge is 0.491 e. The lowest BCUT2D eigenvalue weighted by Crippen LogP contribution is -2.24. The van der Waals surface area contributed by atoms with Crippen LogP contribution in [0.25, 0.3) is 10.8 Å². The van der Waals surface area contributed by atoms with E-state index in [0.29, 0.717) is 23.4 Å². The molecule has 2 N–H and O–H groups in total. The fourth-order valence-electron chi connectivity index (χ4n) is 3.63. The molecule has 0 fully saturated rings. The van der Waals surface area contributed by atoms with E-state index in [9.17, 15) is 14.7 Å². The van der Waals surface area contributed by atoms with E-state index in [0.717, 1.165) is 10.8 Å². The highest BCUT2D eigenvalue weighted by atomic mass is 32.1. The Hall–Kier alpha value is -3.23. The van der Waals surface area contributed by atoms with Crippen LogP contribution in [0.4, 0.5) is 10.5 Å². The van der Waals surface area contributed by atoms with Crippen molar-refractivity contribution in [1.82, 2.24) is 0 Å². The van der Waals surface area contributed by atoms with Gasteiger partial charge in [-0.05, 0) is 23.9 Å². The molecule has 34 heavy (non-hydrogen) atoms. The number of rotatable bonds is 11. The van der Waals surface area contributed by atoms with E-state index < -0.39 is 18.2 Å². The first-order valence-corrected chi connectivity index (χ1v) is 11.7. The number of thiol groups is 1. The van der Waals surface area contributed by atoms with Gasteiger partial charge in [-0.1, -0.05) is 61.5 Å². The first kappa shape index (κ1) is 25.4. The lowest BCUT2D eigenvalue weighted by Gasteiger charge is -2.26. The molecule has 1 amide bonds. The van der Waals surface area contributed by atoms with Crippen molar-refractivity contribution in [1.29, 1.82) is 0 Å². The highest BCUT2D eigenvalue weighted by molar-refractivity contribution is 7.81. The maximum absolute atomic E-state index is 13.0. The average Bonchev–Trinajstić information content (AvgIpc) is 2.86. The van der Waals surface area contributed by atoms with Gasteiger partial charge in [-0.3, -0.25) is 10.1 Å². The van der Waals surface area contributed by atoms with Gasteiger partial charge in [0.25, 0.3) is 0 Å². The van der Waals surface area contributed by atoms with E-state index in [1.165, 1.54) is 0 Å². The number of aliphatic hydroxyl groups is 1. The molecule has 0 saturated carbocycles. The summed E-state index contributed by atoms with van der Waals surface area (Å²) in [5.74, 6) is -0.100. The molecule has 7 nitrogen and oxygen atoms in total. The number of ether oxygens (including phenoxy) is 3. The molecule has 0 aliphatic rings. The third-order valence-corrected chi connectivity index (χ3v) is 5.58. The predicted octanol–water partition coefficient (Wildman–Crippen LogP) is 5.00. The Morgan fingerprint density at radius 2 is 1.74 bits per heavy atom. The molecule has 0 aliphatic carbocycles. The number of anilines is 1. The monoisotopic (exact) mass is 483 g/mol. The zero-order valence-corrected chi connectivity index (χ0v) is 19.9. The van der Waals surface area contributed by atoms with Crippen molar-refractivity contribution < 1.29 is 28.9 Å². The molecule has 180 valence electrons. The summed E-state index contributed by atoms with van der Waals surface area (Å²) in [6.45, 7) is 2.05. The molecule has 3 rings (SSSR count). The lowest BCUT2D eigenvalue weighted by atomic mass is 9.94. The normalized spacial score (nSPS) is 12.6. The van der Waals surface area contributed by atoms with E-state index in [2.05, 4.69) is 17.9 Å². The minimum absolute atomic E-state index is 0.000416. The SMILES string of the molecule is C[C@@H](CCOC(=O)CS)[C@H](OC(=O)Nc1cccc2ccccc12)c1ccccc1OCCO. The van der Waals surface area contributed by atoms with Gasteiger partial charge < -0.3 is 19.3 Å². The second-order valence-electron chi connectivity index (χ2n) is 7.73. The van der Waals surface area contributed by atoms with Crippen molar-refractivity contribution in [2.24, 2.45) is 5.92 Å². The molecule has 0 spiro atoms. The molecule has 3 aromatic rings. The minimum Gasteiger partial charge on any atom is -0.491 e. The fraction of sp³-hybridized carbons (Fsp3) is 0.308. The topological polar surface area (TPSA) is 94.1 Å². The number of fused-ring (bicyclic) bond motifs is 1. The third-order valence-electron chi connectivity index (χ3n) is 5.32. The van der Waals surface area contributed by atoms with Gasteiger partial charge in [-0.15, -0.1) is 0 Å². The molecular formula is C26H29NO6S. The van der Waals surface area contributed by atoms with Crippen LogP contribution >= 0.6 is 12.6 Å². The van der Waals surface area contributed by atoms with Crippen molar-refractivity contribution >= 4 is 41.2 Å². The number of esters is 1. The van der Waals surface area contributed by atoms with E-state index in [-0.39, 0.29) is 31.5 Å². The number of aliphatic hydroxyl groups excluding tert-OH is 1. The van der Waals surface area contributed by atoms with Crippen LogP contribution in [0.5, 0.6) is 5.75 Å². The van der Waals surface area contributed by atoms with E-state index in [1.807, 2.05) is 67.6 Å². The maximum atomic E-state index is 13.0. The van der Waals surface area contributed by atoms with Crippen LogP contribution in [-0.2, 0) is 14.3 Å². The summed E-state index contributed by atoms with van der Waals surface area (Å²) in [6.07, 6.45) is -0.836. The van der Waals surface area contributed by atoms with Crippen molar-refractivity contribution in [2.45, 2.75) is 19.4 Å². The van der Waals surface area contributed by atoms with Crippen LogP contribution in [-0.4, -0.2) is 42.7 Å². The number of para-hydroxylation sites is 1. The minimum atomic E-state index is -0.681. The lowest BCUT2D eigenvalue weighted by molar-refractivity contribution is -0.141. The van der Waals surface area contributed by atoms with Crippen LogP contribution in [0.2, 0.25) is 0 Å². The van der Waals surface area contributed by atoms with Gasteiger partial charge in [-0.2, -0.15) is 12.6 Å². The number of hydrogen-bond donors (Lipinski definition) is 3. The molecule has 0 aromatic heterocycles. The van der Waals surface area contributed by atoms with Gasteiger partial charge in [0.2, 0.25) is 0 Å². The van der Waals surface area contributed by atoms with E-state index in [1.54, 1.807) is 6.07 Å². The number of carbonyl (C=O) groups is 2. The Bertz CT molecular complexity index is 1100. The summed E-state index contributed by atoms with van der Waals surface area (Å²) >= 11 is 3.91. The summed E-state index contributed by atoms with van der Waals surface area (Å²) in [5, 5.41) is 13.9. The van der Waals surface area contributed by atoms with Crippen LogP contribution < -0.4 is 10.1 Å². The Morgan fingerprint density at radius 3 is 2.53 bits per heavy atom. The van der Waals surface area contributed by atoms with Gasteiger partial charge >= 0.3 is 12.1 Å². The first-order valence-electron chi connectivity index (χ1n) is 11.1. The number of nitrogens with one attached hydrogen (secondary N) is 1. The summed E-state index contributed by atoms with van der Waals surface area (Å²) in [6, 6.07) is 20.6. The van der Waals surface area contributed by atoms with Crippen molar-refractivity contribution in [3.63, 3.8) is 0 Å². The smallest absolute Gasteiger partial charge is 0.412 e. The van der Waals surface area contributed by atoms with Gasteiger partial charge in [0.15, 0.2) is 0 Å². The fourth-order valence-corrected chi connectivity index (χ4v) is 3.72. The third kappa shape index (κ3) is 6.88. The Balaban J connectivity index is 1.81. The summed E-state index contributed by atoms with van der Waals surface area (Å²) in [7, 11) is 0. The summed E-state index contributed by atoms with van der Waals surface area (Å²) in [5.41, 5.74) is 1.30. The van der Waals surface area contributed by atoms with Gasteiger partial charge in [0.1, 0.15) is 18.5 Å². The van der Waals surface area contributed by atoms with E-state index >= 15 is 0 Å². The Kier molecular flexibility index (Phi) is 9.61. The highest BCUT2D eigenvalue weighted by Gasteiger charge is 2.27. The second-order valence-corrected chi connectivity index (χ2v) is 8.05. The molecule has 8 heteroatoms. The predicted molar refractivity (Wildman–Crippen MR) is 134 cm³/mol. The first-order chi connectivity index (χ1) is 16.5. The highest BCUT2D eigenvalue weighted by Crippen LogP contribution is 2.35. The average molecular weight is 484 g/mol. The van der Waals surface area contributed by atoms with E-state index in [4.69, 9.17) is 14.2 Å². The molecule has 0 saturated heterocycles. The van der Waals surface area contributed by atoms with Crippen LogP contribution in [0.3, 0.4) is 0 Å². The maximum Gasteiger partial charge on any atom is 0.412 e. The number of amides is 1. The van der Waals surface area contributed by atoms with Crippen LogP contribution in [0.15, 0.2) is 66.7 Å². The Labute approximate surface area is 204 Å². The Morgan fingerprint density at radius 1 is 1.00 bits per heavy atom. The van der Waals surface area contributed by atoms with Gasteiger partial charge in [0.05, 0.1) is 24.7 Å². The zero-order chi connectivity index (χ0) is 24.3. The molecule has 3 aromatic carbocycles. The van der Waals surface area contributed by atoms with Crippen LogP contribution in [0.1, 0.15) is 25.0 Å². The molecule has 0 aliphatic heterocycles. The number of carbonyl (C=O) groups excluding carboxylic acids is 2. The van der Waals surface area contributed by atoms with Crippen LogP contribution in [0, 0.1) is 5.92 Å². The van der Waals surface area contributed by atoms with Crippen molar-refractivity contribution in [2.75, 3.05) is 30.9 Å². The van der Waals surface area contributed by atoms with Gasteiger partial charge in [0, 0.05) is 16.9 Å². The molecule has 0 unspecified atom stereocenters. The van der Waals surface area contributed by atoms with Crippen molar-refractivity contribution in [3.8, 4) is 5.75 Å². The molecule has 2 atom stereocenters. The zero-order valence-electron chi connectivity index (χ0n) is 19.0. The summed E-state index contributed by atoms with van der Waals surface area (Å²) in [4.78, 5) is 24.4. The van der Waals surface area contributed by atoms with Crippen molar-refractivity contribution in [3.05, 3.63) is 72.3 Å². The summed E-state index contributed by atoms with van der Waals surface area (Å²) < 4.78 is 16.7. The quantitative estimate of drug-likeness (QED) is 0.263. The number of hydrogen-bond acceptors (Lipinski definition) is 7. The second kappa shape index (κ2) is 12.9. The number of benzene rings is 3.